The van der Waals surface area contributed by atoms with E-state index in [-0.39, 0.29) is 18.0 Å². The van der Waals surface area contributed by atoms with Crippen LogP contribution in [0.2, 0.25) is 0 Å². The third kappa shape index (κ3) is 5.70. The van der Waals surface area contributed by atoms with Crippen molar-refractivity contribution in [1.82, 2.24) is 4.90 Å². The molecule has 126 valence electrons. The number of likely N-dealkylation sites (tertiary alicyclic amines) is 1. The second-order valence-corrected chi connectivity index (χ2v) is 7.01. The van der Waals surface area contributed by atoms with E-state index in [2.05, 4.69) is 6.08 Å². The Bertz CT molecular complexity index is 545. The van der Waals surface area contributed by atoms with Crippen molar-refractivity contribution in [2.24, 2.45) is 0 Å². The van der Waals surface area contributed by atoms with Crippen LogP contribution in [-0.4, -0.2) is 29.2 Å². The SMILES string of the molecule is CC(C)(C)OC(=O)N1CCCCC1C/C=C/c1ccc(F)cc1. The summed E-state index contributed by atoms with van der Waals surface area (Å²) in [5.74, 6) is -0.231. The van der Waals surface area contributed by atoms with Crippen LogP contribution < -0.4 is 0 Å². The lowest BCUT2D eigenvalue weighted by Crippen LogP contribution is -2.45. The maximum Gasteiger partial charge on any atom is 0.410 e. The summed E-state index contributed by atoms with van der Waals surface area (Å²) in [6.07, 6.45) is 7.74. The second-order valence-electron chi connectivity index (χ2n) is 7.01. The Hall–Kier alpha value is -1.84. The molecule has 1 fully saturated rings. The molecule has 0 N–H and O–H groups in total. The normalized spacial score (nSPS) is 19.1. The molecule has 0 bridgehead atoms. The molecular weight excluding hydrogens is 293 g/mol. The van der Waals surface area contributed by atoms with E-state index in [1.54, 1.807) is 12.1 Å². The van der Waals surface area contributed by atoms with Gasteiger partial charge < -0.3 is 9.64 Å². The molecular formula is C19H26FNO2. The van der Waals surface area contributed by atoms with Gasteiger partial charge in [0.25, 0.3) is 0 Å². The number of hydrogen-bond acceptors (Lipinski definition) is 2. The fourth-order valence-electron chi connectivity index (χ4n) is 2.74. The van der Waals surface area contributed by atoms with Crippen LogP contribution in [0.5, 0.6) is 0 Å². The van der Waals surface area contributed by atoms with Gasteiger partial charge in [0.1, 0.15) is 11.4 Å². The highest BCUT2D eigenvalue weighted by atomic mass is 19.1. The molecule has 1 aromatic carbocycles. The van der Waals surface area contributed by atoms with Crippen LogP contribution in [0.25, 0.3) is 6.08 Å². The zero-order valence-corrected chi connectivity index (χ0v) is 14.2. The van der Waals surface area contributed by atoms with E-state index in [9.17, 15) is 9.18 Å². The molecule has 0 spiro atoms. The monoisotopic (exact) mass is 319 g/mol. The number of ether oxygens (including phenoxy) is 1. The lowest BCUT2D eigenvalue weighted by atomic mass is 9.99. The van der Waals surface area contributed by atoms with Crippen LogP contribution >= 0.6 is 0 Å². The molecule has 4 heteroatoms. The predicted molar refractivity (Wildman–Crippen MR) is 90.6 cm³/mol. The Balaban J connectivity index is 1.95. The molecule has 1 aliphatic rings. The van der Waals surface area contributed by atoms with E-state index < -0.39 is 5.60 Å². The topological polar surface area (TPSA) is 29.5 Å². The molecule has 3 nitrogen and oxygen atoms in total. The van der Waals surface area contributed by atoms with E-state index in [4.69, 9.17) is 4.74 Å². The van der Waals surface area contributed by atoms with Gasteiger partial charge in [-0.15, -0.1) is 0 Å². The van der Waals surface area contributed by atoms with Crippen LogP contribution in [0.3, 0.4) is 0 Å². The number of piperidine rings is 1. The molecule has 1 aromatic rings. The van der Waals surface area contributed by atoms with Gasteiger partial charge in [0.2, 0.25) is 0 Å². The van der Waals surface area contributed by atoms with Gasteiger partial charge in [-0.3, -0.25) is 0 Å². The van der Waals surface area contributed by atoms with Crippen molar-refractivity contribution in [3.8, 4) is 0 Å². The number of carbonyl (C=O) groups excluding carboxylic acids is 1. The number of carbonyl (C=O) groups is 1. The van der Waals surface area contributed by atoms with Gasteiger partial charge in [0, 0.05) is 12.6 Å². The molecule has 1 amide bonds. The van der Waals surface area contributed by atoms with Crippen LogP contribution in [-0.2, 0) is 4.74 Å². The van der Waals surface area contributed by atoms with Crippen molar-refractivity contribution in [2.45, 2.75) is 58.1 Å². The van der Waals surface area contributed by atoms with Crippen molar-refractivity contribution in [3.05, 3.63) is 41.7 Å². The smallest absolute Gasteiger partial charge is 0.410 e. The van der Waals surface area contributed by atoms with Gasteiger partial charge in [-0.25, -0.2) is 9.18 Å². The number of rotatable bonds is 3. The summed E-state index contributed by atoms with van der Waals surface area (Å²) in [6, 6.07) is 6.58. The molecule has 1 atom stereocenters. The van der Waals surface area contributed by atoms with E-state index in [1.165, 1.54) is 12.1 Å². The van der Waals surface area contributed by atoms with E-state index >= 15 is 0 Å². The Morgan fingerprint density at radius 1 is 1.30 bits per heavy atom. The van der Waals surface area contributed by atoms with Crippen molar-refractivity contribution >= 4 is 12.2 Å². The molecule has 0 aromatic heterocycles. The molecule has 0 saturated carbocycles. The molecule has 1 heterocycles. The average Bonchev–Trinajstić information content (AvgIpc) is 2.48. The van der Waals surface area contributed by atoms with Crippen molar-refractivity contribution in [2.75, 3.05) is 6.54 Å². The highest BCUT2D eigenvalue weighted by molar-refractivity contribution is 5.68. The summed E-state index contributed by atoms with van der Waals surface area (Å²) in [5.41, 5.74) is 0.495. The summed E-state index contributed by atoms with van der Waals surface area (Å²) in [5, 5.41) is 0. The molecule has 1 aliphatic heterocycles. The average molecular weight is 319 g/mol. The zero-order valence-electron chi connectivity index (χ0n) is 14.2. The van der Waals surface area contributed by atoms with Crippen LogP contribution in [0, 0.1) is 5.82 Å². The Morgan fingerprint density at radius 3 is 2.65 bits per heavy atom. The lowest BCUT2D eigenvalue weighted by Gasteiger charge is -2.36. The molecule has 23 heavy (non-hydrogen) atoms. The first-order chi connectivity index (χ1) is 10.8. The van der Waals surface area contributed by atoms with Crippen molar-refractivity contribution in [3.63, 3.8) is 0 Å². The van der Waals surface area contributed by atoms with E-state index in [1.807, 2.05) is 31.7 Å². The first-order valence-corrected chi connectivity index (χ1v) is 8.27. The largest absolute Gasteiger partial charge is 0.444 e. The van der Waals surface area contributed by atoms with Gasteiger partial charge in [-0.1, -0.05) is 24.3 Å². The third-order valence-electron chi connectivity index (χ3n) is 3.84. The van der Waals surface area contributed by atoms with Gasteiger partial charge in [0.05, 0.1) is 0 Å². The maximum absolute atomic E-state index is 12.9. The Morgan fingerprint density at radius 2 is 2.00 bits per heavy atom. The van der Waals surface area contributed by atoms with E-state index in [0.717, 1.165) is 37.8 Å². The molecule has 0 radical (unpaired) electrons. The van der Waals surface area contributed by atoms with Crippen LogP contribution in [0.1, 0.15) is 52.0 Å². The fraction of sp³-hybridized carbons (Fsp3) is 0.526. The minimum Gasteiger partial charge on any atom is -0.444 e. The highest BCUT2D eigenvalue weighted by Crippen LogP contribution is 2.23. The van der Waals surface area contributed by atoms with Gasteiger partial charge in [-0.2, -0.15) is 0 Å². The summed E-state index contributed by atoms with van der Waals surface area (Å²) >= 11 is 0. The molecule has 1 saturated heterocycles. The van der Waals surface area contributed by atoms with Gasteiger partial charge >= 0.3 is 6.09 Å². The zero-order chi connectivity index (χ0) is 16.9. The molecule has 2 rings (SSSR count). The van der Waals surface area contributed by atoms with Crippen LogP contribution in [0.4, 0.5) is 9.18 Å². The van der Waals surface area contributed by atoms with E-state index in [0.29, 0.717) is 0 Å². The van der Waals surface area contributed by atoms with Crippen LogP contribution in [0.15, 0.2) is 30.3 Å². The van der Waals surface area contributed by atoms with Crippen molar-refractivity contribution in [1.29, 1.82) is 0 Å². The summed E-state index contributed by atoms with van der Waals surface area (Å²) < 4.78 is 18.4. The third-order valence-corrected chi connectivity index (χ3v) is 3.84. The maximum atomic E-state index is 12.9. The van der Waals surface area contributed by atoms with Crippen molar-refractivity contribution < 1.29 is 13.9 Å². The number of benzene rings is 1. The molecule has 1 unspecified atom stereocenters. The number of amides is 1. The number of nitrogens with zero attached hydrogens (tertiary/aromatic N) is 1. The summed E-state index contributed by atoms with van der Waals surface area (Å²) in [4.78, 5) is 14.2. The minimum atomic E-state index is -0.469. The highest BCUT2D eigenvalue weighted by Gasteiger charge is 2.29. The summed E-state index contributed by atoms with van der Waals surface area (Å²) in [7, 11) is 0. The first kappa shape index (κ1) is 17.5. The van der Waals surface area contributed by atoms with Gasteiger partial charge in [0.15, 0.2) is 0 Å². The predicted octanol–water partition coefficient (Wildman–Crippen LogP) is 5.02. The lowest BCUT2D eigenvalue weighted by molar-refractivity contribution is 0.0103. The quantitative estimate of drug-likeness (QED) is 0.783. The first-order valence-electron chi connectivity index (χ1n) is 8.27. The summed E-state index contributed by atoms with van der Waals surface area (Å²) in [6.45, 7) is 6.42. The minimum absolute atomic E-state index is 0.176. The Labute approximate surface area is 138 Å². The second kappa shape index (κ2) is 7.62. The van der Waals surface area contributed by atoms with Gasteiger partial charge in [-0.05, 0) is 64.2 Å². The molecule has 0 aliphatic carbocycles. The number of hydrogen-bond donors (Lipinski definition) is 0. The standard InChI is InChI=1S/C19H26FNO2/c1-19(2,3)23-18(22)21-14-5-4-8-17(21)9-6-7-15-10-12-16(20)13-11-15/h6-7,10-13,17H,4-5,8-9,14H2,1-3H3/b7-6+. The fourth-order valence-corrected chi connectivity index (χ4v) is 2.74. The Kier molecular flexibility index (Phi) is 5.80. The number of halogens is 1.